The lowest BCUT2D eigenvalue weighted by molar-refractivity contribution is 0.516. The number of benzene rings is 1. The van der Waals surface area contributed by atoms with Gasteiger partial charge in [-0.25, -0.2) is 13.4 Å². The number of nitrogens with one attached hydrogen (secondary N) is 1. The molecule has 1 N–H and O–H groups in total. The van der Waals surface area contributed by atoms with Gasteiger partial charge in [-0.2, -0.15) is 0 Å². The molecule has 0 bridgehead atoms. The van der Waals surface area contributed by atoms with Gasteiger partial charge in [-0.15, -0.1) is 0 Å². The smallest absolute Gasteiger partial charge is 0.232 e. The number of hydrogen-bond donors (Lipinski definition) is 1. The molecule has 0 amide bonds. The normalized spacial score (nSPS) is 13.6. The summed E-state index contributed by atoms with van der Waals surface area (Å²) in [6.07, 6.45) is 9.52. The van der Waals surface area contributed by atoms with Crippen molar-refractivity contribution in [2.24, 2.45) is 0 Å². The van der Waals surface area contributed by atoms with Crippen molar-refractivity contribution in [1.29, 1.82) is 0 Å². The molecule has 0 spiro atoms. The molecule has 1 aliphatic rings. The van der Waals surface area contributed by atoms with E-state index in [0.29, 0.717) is 23.6 Å². The van der Waals surface area contributed by atoms with Crippen LogP contribution in [0.1, 0.15) is 50.5 Å². The maximum atomic E-state index is 12.4. The zero-order valence-electron chi connectivity index (χ0n) is 14.5. The molecule has 0 aliphatic heterocycles. The Kier molecular flexibility index (Phi) is 5.58. The summed E-state index contributed by atoms with van der Waals surface area (Å²) >= 11 is 0. The van der Waals surface area contributed by atoms with Crippen LogP contribution in [0.25, 0.3) is 17.5 Å². The molecule has 1 aromatic heterocycles. The fraction of sp³-hybridized carbons (Fsp3) is 0.421. The molecule has 0 unspecified atom stereocenters. The molecule has 0 radical (unpaired) electrons. The van der Waals surface area contributed by atoms with E-state index in [4.69, 9.17) is 4.42 Å². The quantitative estimate of drug-likeness (QED) is 0.697. The first kappa shape index (κ1) is 17.7. The standard InChI is InChI=1S/C19H24N2O3S/c1-2-3-4-9-14-25(22,23)21-16-11-6-5-10-15(16)19-20-17-12-7-8-13-18(17)24-19/h5-7,10-12,21H,2-4,8-9,13-14H2,1H3. The molecule has 1 aliphatic carbocycles. The third kappa shape index (κ3) is 4.51. The molecular formula is C19H24N2O3S. The number of rotatable bonds is 8. The van der Waals surface area contributed by atoms with Crippen LogP contribution >= 0.6 is 0 Å². The number of anilines is 1. The van der Waals surface area contributed by atoms with E-state index >= 15 is 0 Å². The minimum absolute atomic E-state index is 0.131. The van der Waals surface area contributed by atoms with Crippen LogP contribution in [0.15, 0.2) is 34.8 Å². The van der Waals surface area contributed by atoms with Crippen molar-refractivity contribution in [2.45, 2.75) is 45.4 Å². The highest BCUT2D eigenvalue weighted by Gasteiger charge is 2.19. The molecule has 0 saturated heterocycles. The number of aryl methyl sites for hydroxylation is 1. The number of oxazole rings is 1. The van der Waals surface area contributed by atoms with E-state index < -0.39 is 10.0 Å². The molecule has 5 nitrogen and oxygen atoms in total. The van der Waals surface area contributed by atoms with Gasteiger partial charge in [0.25, 0.3) is 0 Å². The Balaban J connectivity index is 1.79. The Morgan fingerprint density at radius 2 is 2.04 bits per heavy atom. The lowest BCUT2D eigenvalue weighted by Crippen LogP contribution is -2.17. The predicted octanol–water partition coefficient (Wildman–Crippen LogP) is 4.62. The lowest BCUT2D eigenvalue weighted by Gasteiger charge is -2.10. The third-order valence-corrected chi connectivity index (χ3v) is 5.59. The van der Waals surface area contributed by atoms with Crippen LogP contribution in [-0.2, 0) is 16.4 Å². The van der Waals surface area contributed by atoms with E-state index in [0.717, 1.165) is 43.6 Å². The maximum absolute atomic E-state index is 12.4. The van der Waals surface area contributed by atoms with Gasteiger partial charge >= 0.3 is 0 Å². The molecule has 1 aromatic carbocycles. The van der Waals surface area contributed by atoms with E-state index in [1.165, 1.54) is 0 Å². The molecular weight excluding hydrogens is 336 g/mol. The minimum atomic E-state index is -3.38. The summed E-state index contributed by atoms with van der Waals surface area (Å²) in [6, 6.07) is 7.24. The third-order valence-electron chi connectivity index (χ3n) is 4.23. The SMILES string of the molecule is CCCCCCS(=O)(=O)Nc1ccccc1-c1nc2c(o1)CCC=C2. The number of nitrogens with zero attached hydrogens (tertiary/aromatic N) is 1. The first-order valence-electron chi connectivity index (χ1n) is 8.85. The zero-order valence-corrected chi connectivity index (χ0v) is 15.3. The van der Waals surface area contributed by atoms with E-state index in [1.807, 2.05) is 18.2 Å². The number of sulfonamides is 1. The van der Waals surface area contributed by atoms with Crippen LogP contribution in [0.5, 0.6) is 0 Å². The summed E-state index contributed by atoms with van der Waals surface area (Å²) in [7, 11) is -3.38. The molecule has 0 fully saturated rings. The molecule has 2 aromatic rings. The van der Waals surface area contributed by atoms with Crippen molar-refractivity contribution < 1.29 is 12.8 Å². The average Bonchev–Trinajstić information content (AvgIpc) is 3.03. The number of unbranched alkanes of at least 4 members (excludes halogenated alkanes) is 3. The minimum Gasteiger partial charge on any atom is -0.440 e. The summed E-state index contributed by atoms with van der Waals surface area (Å²) in [5, 5.41) is 0. The second kappa shape index (κ2) is 7.87. The molecule has 0 saturated carbocycles. The van der Waals surface area contributed by atoms with Crippen LogP contribution < -0.4 is 4.72 Å². The second-order valence-electron chi connectivity index (χ2n) is 6.30. The van der Waals surface area contributed by atoms with Gasteiger partial charge in [0.1, 0.15) is 11.5 Å². The maximum Gasteiger partial charge on any atom is 0.232 e. The highest BCUT2D eigenvalue weighted by atomic mass is 32.2. The largest absolute Gasteiger partial charge is 0.440 e. The molecule has 1 heterocycles. The molecule has 134 valence electrons. The first-order chi connectivity index (χ1) is 12.1. The van der Waals surface area contributed by atoms with Gasteiger partial charge in [-0.3, -0.25) is 4.72 Å². The number of fused-ring (bicyclic) bond motifs is 1. The Labute approximate surface area is 149 Å². The monoisotopic (exact) mass is 360 g/mol. The number of hydrogen-bond acceptors (Lipinski definition) is 4. The van der Waals surface area contributed by atoms with Gasteiger partial charge in [-0.05, 0) is 31.1 Å². The number of allylic oxidation sites excluding steroid dienone is 1. The molecule has 25 heavy (non-hydrogen) atoms. The van der Waals surface area contributed by atoms with Crippen LogP contribution in [0.2, 0.25) is 0 Å². The predicted molar refractivity (Wildman–Crippen MR) is 101 cm³/mol. The Morgan fingerprint density at radius 3 is 2.84 bits per heavy atom. The van der Waals surface area contributed by atoms with E-state index in [9.17, 15) is 8.42 Å². The summed E-state index contributed by atoms with van der Waals surface area (Å²) < 4.78 is 33.3. The van der Waals surface area contributed by atoms with Gasteiger partial charge in [-0.1, -0.05) is 44.4 Å². The van der Waals surface area contributed by atoms with Gasteiger partial charge < -0.3 is 4.42 Å². The van der Waals surface area contributed by atoms with Crippen LogP contribution in [0.4, 0.5) is 5.69 Å². The zero-order chi connectivity index (χ0) is 17.7. The molecule has 3 rings (SSSR count). The average molecular weight is 360 g/mol. The van der Waals surface area contributed by atoms with Gasteiger partial charge in [0.2, 0.25) is 15.9 Å². The summed E-state index contributed by atoms with van der Waals surface area (Å²) in [5.41, 5.74) is 2.02. The Morgan fingerprint density at radius 1 is 1.20 bits per heavy atom. The van der Waals surface area contributed by atoms with Crippen molar-refractivity contribution in [1.82, 2.24) is 4.98 Å². The first-order valence-corrected chi connectivity index (χ1v) is 10.5. The Bertz CT molecular complexity index is 853. The van der Waals surface area contributed by atoms with Gasteiger partial charge in [0.15, 0.2) is 0 Å². The number of aromatic nitrogens is 1. The topological polar surface area (TPSA) is 72.2 Å². The summed E-state index contributed by atoms with van der Waals surface area (Å²) in [4.78, 5) is 4.51. The van der Waals surface area contributed by atoms with E-state index in [1.54, 1.807) is 12.1 Å². The van der Waals surface area contributed by atoms with E-state index in [2.05, 4.69) is 22.7 Å². The summed E-state index contributed by atoms with van der Waals surface area (Å²) in [6.45, 7) is 2.11. The molecule has 0 atom stereocenters. The van der Waals surface area contributed by atoms with Crippen molar-refractivity contribution in [3.05, 3.63) is 41.8 Å². The molecule has 6 heteroatoms. The highest BCUT2D eigenvalue weighted by Crippen LogP contribution is 2.31. The van der Waals surface area contributed by atoms with Crippen LogP contribution in [0.3, 0.4) is 0 Å². The van der Waals surface area contributed by atoms with Crippen molar-refractivity contribution >= 4 is 21.8 Å². The van der Waals surface area contributed by atoms with Crippen LogP contribution in [-0.4, -0.2) is 19.2 Å². The fourth-order valence-electron chi connectivity index (χ4n) is 2.89. The lowest BCUT2D eigenvalue weighted by atomic mass is 10.1. The van der Waals surface area contributed by atoms with Gasteiger partial charge in [0.05, 0.1) is 17.0 Å². The van der Waals surface area contributed by atoms with Gasteiger partial charge in [0, 0.05) is 6.42 Å². The highest BCUT2D eigenvalue weighted by molar-refractivity contribution is 7.92. The van der Waals surface area contributed by atoms with Crippen molar-refractivity contribution in [3.63, 3.8) is 0 Å². The van der Waals surface area contributed by atoms with Crippen molar-refractivity contribution in [2.75, 3.05) is 10.5 Å². The van der Waals surface area contributed by atoms with Crippen molar-refractivity contribution in [3.8, 4) is 11.5 Å². The second-order valence-corrected chi connectivity index (χ2v) is 8.14. The van der Waals surface area contributed by atoms with E-state index in [-0.39, 0.29) is 5.75 Å². The van der Waals surface area contributed by atoms with Crippen LogP contribution in [0, 0.1) is 0 Å². The number of para-hydroxylation sites is 1. The Hall–Kier alpha value is -2.08. The fourth-order valence-corrected chi connectivity index (χ4v) is 4.09. The summed E-state index contributed by atoms with van der Waals surface area (Å²) in [5.74, 6) is 1.45.